The number of hydrogen-bond donors (Lipinski definition) is 2. The van der Waals surface area contributed by atoms with Crippen molar-refractivity contribution < 1.29 is 31.6 Å². The van der Waals surface area contributed by atoms with Gasteiger partial charge in [0.1, 0.15) is 18.4 Å². The van der Waals surface area contributed by atoms with E-state index in [0.29, 0.717) is 11.3 Å². The van der Waals surface area contributed by atoms with Crippen molar-refractivity contribution in [2.45, 2.75) is 0 Å². The lowest BCUT2D eigenvalue weighted by Gasteiger charge is -2.01. The van der Waals surface area contributed by atoms with E-state index < -0.39 is 16.3 Å². The molecule has 0 atom stereocenters. The molecule has 17 heavy (non-hydrogen) atoms. The zero-order valence-corrected chi connectivity index (χ0v) is 9.97. The summed E-state index contributed by atoms with van der Waals surface area (Å²) in [6.07, 6.45) is 3.41. The van der Waals surface area contributed by atoms with Crippen LogP contribution in [0.3, 0.4) is 0 Å². The molecule has 0 saturated heterocycles. The molecule has 96 valence electrons. The van der Waals surface area contributed by atoms with Gasteiger partial charge in [0.25, 0.3) is 5.91 Å². The molecule has 0 fully saturated rings. The molecule has 0 aliphatic carbocycles. The van der Waals surface area contributed by atoms with E-state index in [9.17, 15) is 4.79 Å². The van der Waals surface area contributed by atoms with E-state index in [1.807, 2.05) is 7.05 Å². The summed E-state index contributed by atoms with van der Waals surface area (Å²) in [6.45, 7) is 0. The lowest BCUT2D eigenvalue weighted by molar-refractivity contribution is -0.671. The predicted octanol–water partition coefficient (Wildman–Crippen LogP) is -1.38. The minimum atomic E-state index is -4.92. The molecule has 1 aromatic rings. The maximum Gasteiger partial charge on any atom is 0.258 e. The van der Waals surface area contributed by atoms with Gasteiger partial charge >= 0.3 is 0 Å². The molecule has 1 amide bonds. The smallest absolute Gasteiger partial charge is 0.258 e. The Hall–Kier alpha value is -1.71. The van der Waals surface area contributed by atoms with Crippen molar-refractivity contribution in [3.63, 3.8) is 0 Å². The molecule has 0 unspecified atom stereocenters. The molecule has 3 N–H and O–H groups in total. The fourth-order valence-corrected chi connectivity index (χ4v) is 0.948. The second-order valence-corrected chi connectivity index (χ2v) is 3.74. The van der Waals surface area contributed by atoms with Gasteiger partial charge in [-0.1, -0.05) is 0 Å². The Kier molecular flexibility index (Phi) is 5.51. The third kappa shape index (κ3) is 7.22. The van der Waals surface area contributed by atoms with E-state index in [0.717, 1.165) is 0 Å². The summed E-state index contributed by atoms with van der Waals surface area (Å²) in [4.78, 5) is 10.9. The number of aryl methyl sites for hydroxylation is 1. The highest BCUT2D eigenvalue weighted by atomic mass is 32.3. The summed E-state index contributed by atoms with van der Waals surface area (Å²) < 4.78 is 39.5. The second kappa shape index (κ2) is 6.13. The number of methoxy groups -OCH3 is 1. The quantitative estimate of drug-likeness (QED) is 0.384. The maximum absolute atomic E-state index is 10.9. The average molecular weight is 264 g/mol. The molecule has 0 saturated carbocycles. The van der Waals surface area contributed by atoms with Crippen molar-refractivity contribution in [2.24, 2.45) is 12.8 Å². The topological polar surface area (TPSA) is 134 Å². The van der Waals surface area contributed by atoms with Crippen LogP contribution < -0.4 is 15.0 Å². The number of rotatable bonds is 2. The van der Waals surface area contributed by atoms with E-state index in [1.54, 1.807) is 23.0 Å². The van der Waals surface area contributed by atoms with Crippen LogP contribution in [-0.4, -0.2) is 30.5 Å². The third-order valence-electron chi connectivity index (χ3n) is 1.54. The van der Waals surface area contributed by atoms with Crippen LogP contribution in [0.4, 0.5) is 0 Å². The van der Waals surface area contributed by atoms with Crippen LogP contribution in [0, 0.1) is 0 Å². The van der Waals surface area contributed by atoms with Gasteiger partial charge in [-0.3, -0.25) is 9.35 Å². The normalized spacial score (nSPS) is 10.1. The molecule has 0 aromatic carbocycles. The highest BCUT2D eigenvalue weighted by molar-refractivity contribution is 7.79. The maximum atomic E-state index is 10.9. The SMILES string of the molecule is COc1cc[n+](C)cc1C(N)=O.O=S(=O)([O-])O. The summed E-state index contributed by atoms with van der Waals surface area (Å²) in [5, 5.41) is 0. The van der Waals surface area contributed by atoms with Crippen molar-refractivity contribution in [3.8, 4) is 5.75 Å². The lowest BCUT2D eigenvalue weighted by Crippen LogP contribution is -2.29. The van der Waals surface area contributed by atoms with Gasteiger partial charge < -0.3 is 15.0 Å². The van der Waals surface area contributed by atoms with Crippen molar-refractivity contribution in [2.75, 3.05) is 7.11 Å². The predicted molar refractivity (Wildman–Crippen MR) is 55.0 cm³/mol. The number of nitrogens with zero attached hydrogens (tertiary/aromatic N) is 1. The van der Waals surface area contributed by atoms with E-state index in [4.69, 9.17) is 28.0 Å². The summed E-state index contributed by atoms with van der Waals surface area (Å²) in [5.74, 6) is 0.0173. The van der Waals surface area contributed by atoms with Gasteiger partial charge in [0, 0.05) is 6.07 Å². The van der Waals surface area contributed by atoms with E-state index in [2.05, 4.69) is 0 Å². The Morgan fingerprint density at radius 2 is 2.06 bits per heavy atom. The molecule has 8 nitrogen and oxygen atoms in total. The molecule has 0 aliphatic rings. The minimum Gasteiger partial charge on any atom is -0.726 e. The Bertz CT molecular complexity index is 491. The largest absolute Gasteiger partial charge is 0.726 e. The van der Waals surface area contributed by atoms with Gasteiger partial charge in [-0.25, -0.2) is 13.0 Å². The van der Waals surface area contributed by atoms with Crippen LogP contribution in [0.1, 0.15) is 10.4 Å². The Labute approximate surface area is 98.2 Å². The molecule has 0 bridgehead atoms. The number of nitrogens with two attached hydrogens (primary N) is 1. The van der Waals surface area contributed by atoms with Crippen molar-refractivity contribution in [3.05, 3.63) is 24.0 Å². The number of ether oxygens (including phenoxy) is 1. The highest BCUT2D eigenvalue weighted by Crippen LogP contribution is 2.13. The van der Waals surface area contributed by atoms with Gasteiger partial charge in [0.2, 0.25) is 10.4 Å². The first-order chi connectivity index (χ1) is 7.65. The molecule has 1 rings (SSSR count). The fraction of sp³-hybridized carbons (Fsp3) is 0.250. The first-order valence-electron chi connectivity index (χ1n) is 4.16. The first kappa shape index (κ1) is 15.3. The van der Waals surface area contributed by atoms with Crippen molar-refractivity contribution >= 4 is 16.3 Å². The number of pyridine rings is 1. The summed E-state index contributed by atoms with van der Waals surface area (Å²) in [5.41, 5.74) is 5.52. The van der Waals surface area contributed by atoms with Crippen LogP contribution in [0.15, 0.2) is 18.5 Å². The molecule has 1 aromatic heterocycles. The molecule has 9 heteroatoms. The molecule has 0 aliphatic heterocycles. The number of aromatic nitrogens is 1. The summed E-state index contributed by atoms with van der Waals surface area (Å²) >= 11 is 0. The third-order valence-corrected chi connectivity index (χ3v) is 1.54. The van der Waals surface area contributed by atoms with Crippen LogP contribution in [-0.2, 0) is 17.4 Å². The highest BCUT2D eigenvalue weighted by Gasteiger charge is 2.12. The van der Waals surface area contributed by atoms with Crippen molar-refractivity contribution in [1.82, 2.24) is 0 Å². The molecule has 1 heterocycles. The zero-order chi connectivity index (χ0) is 13.6. The minimum absolute atomic E-state index is 0.391. The second-order valence-electron chi connectivity index (χ2n) is 2.88. The van der Waals surface area contributed by atoms with E-state index in [1.165, 1.54) is 7.11 Å². The van der Waals surface area contributed by atoms with Gasteiger partial charge in [0.05, 0.1) is 7.11 Å². The average Bonchev–Trinajstić information content (AvgIpc) is 2.15. The summed E-state index contributed by atoms with van der Waals surface area (Å²) in [7, 11) is -1.60. The van der Waals surface area contributed by atoms with Crippen LogP contribution in [0.5, 0.6) is 5.75 Å². The van der Waals surface area contributed by atoms with Crippen LogP contribution in [0.2, 0.25) is 0 Å². The van der Waals surface area contributed by atoms with Crippen molar-refractivity contribution in [1.29, 1.82) is 0 Å². The lowest BCUT2D eigenvalue weighted by atomic mass is 10.2. The standard InChI is InChI=1S/C8H10N2O2.H2O4S/c1-10-4-3-7(12-2)6(5-10)8(9)11;1-5(2,3)4/h3-5H,1-2H3,(H-,9,11);(H2,1,2,3,4). The Balaban J connectivity index is 0.000000437. The van der Waals surface area contributed by atoms with E-state index in [-0.39, 0.29) is 0 Å². The monoisotopic (exact) mass is 264 g/mol. The number of carbonyl (C=O) groups is 1. The number of amides is 1. The molecule has 0 spiro atoms. The Morgan fingerprint density at radius 1 is 1.59 bits per heavy atom. The van der Waals surface area contributed by atoms with Crippen LogP contribution >= 0.6 is 0 Å². The number of primary amides is 1. The van der Waals surface area contributed by atoms with E-state index >= 15 is 0 Å². The molecule has 0 radical (unpaired) electrons. The molecular weight excluding hydrogens is 252 g/mol. The number of carbonyl (C=O) groups excluding carboxylic acids is 1. The zero-order valence-electron chi connectivity index (χ0n) is 9.15. The van der Waals surface area contributed by atoms with Gasteiger partial charge in [-0.05, 0) is 0 Å². The summed E-state index contributed by atoms with van der Waals surface area (Å²) in [6, 6.07) is 1.69. The van der Waals surface area contributed by atoms with Gasteiger partial charge in [0.15, 0.2) is 12.4 Å². The van der Waals surface area contributed by atoms with Gasteiger partial charge in [-0.15, -0.1) is 0 Å². The fourth-order valence-electron chi connectivity index (χ4n) is 0.948. The van der Waals surface area contributed by atoms with Gasteiger partial charge in [-0.2, -0.15) is 0 Å². The Morgan fingerprint density at radius 3 is 2.41 bits per heavy atom. The first-order valence-corrected chi connectivity index (χ1v) is 5.53. The van der Waals surface area contributed by atoms with Crippen LogP contribution in [0.25, 0.3) is 0 Å². The molecular formula is C8H12N2O6S. The number of hydrogen-bond acceptors (Lipinski definition) is 5.